The zero-order valence-electron chi connectivity index (χ0n) is 11.7. The molecule has 2 aromatic rings. The lowest BCUT2D eigenvalue weighted by molar-refractivity contribution is -0.384. The maximum atomic E-state index is 12.1. The smallest absolute Gasteiger partial charge is 0.269 e. The molecular formula is C16H10ClN3O3. The number of amides is 1. The Hall–Kier alpha value is -3.17. The van der Waals surface area contributed by atoms with E-state index in [4.69, 9.17) is 16.9 Å². The van der Waals surface area contributed by atoms with E-state index in [1.54, 1.807) is 24.3 Å². The Labute approximate surface area is 136 Å². The summed E-state index contributed by atoms with van der Waals surface area (Å²) in [7, 11) is 0. The summed E-state index contributed by atoms with van der Waals surface area (Å²) in [6.45, 7) is 0. The van der Waals surface area contributed by atoms with Crippen LogP contribution in [0.4, 0.5) is 11.4 Å². The molecule has 6 nitrogen and oxygen atoms in total. The molecule has 0 aromatic heterocycles. The molecule has 0 bridgehead atoms. The fraction of sp³-hybridized carbons (Fsp3) is 0. The molecule has 2 aromatic carbocycles. The second-order valence-corrected chi connectivity index (χ2v) is 4.92. The molecule has 0 saturated carbocycles. The number of benzene rings is 2. The van der Waals surface area contributed by atoms with Crippen molar-refractivity contribution in [2.75, 3.05) is 5.32 Å². The van der Waals surface area contributed by atoms with E-state index in [0.717, 1.165) is 0 Å². The van der Waals surface area contributed by atoms with Gasteiger partial charge in [-0.2, -0.15) is 5.26 Å². The molecule has 1 N–H and O–H groups in total. The van der Waals surface area contributed by atoms with Gasteiger partial charge in [-0.25, -0.2) is 0 Å². The van der Waals surface area contributed by atoms with Gasteiger partial charge in [-0.1, -0.05) is 11.6 Å². The normalized spacial score (nSPS) is 10.7. The van der Waals surface area contributed by atoms with Crippen molar-refractivity contribution >= 4 is 35.0 Å². The van der Waals surface area contributed by atoms with Gasteiger partial charge in [0.05, 0.1) is 4.92 Å². The SMILES string of the molecule is N#C/C(=C/c1ccc([N+](=O)[O-])cc1)C(=O)Nc1ccc(Cl)cc1. The van der Waals surface area contributed by atoms with E-state index in [9.17, 15) is 14.9 Å². The van der Waals surface area contributed by atoms with Crippen LogP contribution in [0.25, 0.3) is 6.08 Å². The predicted octanol–water partition coefficient (Wildman–Crippen LogP) is 3.79. The summed E-state index contributed by atoms with van der Waals surface area (Å²) in [5.41, 5.74) is 0.836. The van der Waals surface area contributed by atoms with Crippen LogP contribution < -0.4 is 5.32 Å². The lowest BCUT2D eigenvalue weighted by Crippen LogP contribution is -2.13. The van der Waals surface area contributed by atoms with Crippen LogP contribution in [0.3, 0.4) is 0 Å². The first-order valence-corrected chi connectivity index (χ1v) is 6.80. The van der Waals surface area contributed by atoms with E-state index in [0.29, 0.717) is 16.3 Å². The maximum Gasteiger partial charge on any atom is 0.269 e. The number of hydrogen-bond acceptors (Lipinski definition) is 4. The number of nitro benzene ring substituents is 1. The minimum absolute atomic E-state index is 0.0636. The summed E-state index contributed by atoms with van der Waals surface area (Å²) >= 11 is 5.76. The number of halogens is 1. The quantitative estimate of drug-likeness (QED) is 0.400. The maximum absolute atomic E-state index is 12.1. The molecule has 0 fully saturated rings. The second-order valence-electron chi connectivity index (χ2n) is 4.48. The molecule has 114 valence electrons. The summed E-state index contributed by atoms with van der Waals surface area (Å²) in [4.78, 5) is 22.1. The Kier molecular flexibility index (Phi) is 5.07. The summed E-state index contributed by atoms with van der Waals surface area (Å²) in [5.74, 6) is -0.576. The van der Waals surface area contributed by atoms with E-state index >= 15 is 0 Å². The Bertz CT molecular complexity index is 806. The molecule has 0 aliphatic rings. The summed E-state index contributed by atoms with van der Waals surface area (Å²) in [5, 5.41) is 22.8. The number of anilines is 1. The molecule has 0 spiro atoms. The summed E-state index contributed by atoms with van der Waals surface area (Å²) in [6, 6.07) is 13.8. The number of non-ortho nitro benzene ring substituents is 1. The largest absolute Gasteiger partial charge is 0.321 e. The van der Waals surface area contributed by atoms with Crippen molar-refractivity contribution in [1.82, 2.24) is 0 Å². The molecule has 2 rings (SSSR count). The van der Waals surface area contributed by atoms with Crippen molar-refractivity contribution in [2.45, 2.75) is 0 Å². The molecule has 1 amide bonds. The molecule has 0 atom stereocenters. The highest BCUT2D eigenvalue weighted by Crippen LogP contribution is 2.16. The molecular weight excluding hydrogens is 318 g/mol. The fourth-order valence-electron chi connectivity index (χ4n) is 1.74. The molecule has 0 unspecified atom stereocenters. The van der Waals surface area contributed by atoms with Gasteiger partial charge in [0.25, 0.3) is 11.6 Å². The number of nitro groups is 1. The highest BCUT2D eigenvalue weighted by Gasteiger charge is 2.10. The highest BCUT2D eigenvalue weighted by molar-refractivity contribution is 6.30. The average molecular weight is 328 g/mol. The van der Waals surface area contributed by atoms with Gasteiger partial charge in [0, 0.05) is 22.8 Å². The van der Waals surface area contributed by atoms with Gasteiger partial charge in [-0.05, 0) is 48.0 Å². The minimum Gasteiger partial charge on any atom is -0.321 e. The van der Waals surface area contributed by atoms with Crippen molar-refractivity contribution in [3.63, 3.8) is 0 Å². The van der Waals surface area contributed by atoms with E-state index < -0.39 is 10.8 Å². The molecule has 7 heteroatoms. The van der Waals surface area contributed by atoms with Crippen LogP contribution in [0, 0.1) is 21.4 Å². The van der Waals surface area contributed by atoms with Gasteiger partial charge in [-0.3, -0.25) is 14.9 Å². The van der Waals surface area contributed by atoms with E-state index in [1.165, 1.54) is 30.3 Å². The van der Waals surface area contributed by atoms with Crippen molar-refractivity contribution in [3.05, 3.63) is 74.8 Å². The number of nitrogens with zero attached hydrogens (tertiary/aromatic N) is 2. The monoisotopic (exact) mass is 327 g/mol. The first kappa shape index (κ1) is 16.2. The zero-order valence-corrected chi connectivity index (χ0v) is 12.4. The van der Waals surface area contributed by atoms with Crippen LogP contribution in [-0.2, 0) is 4.79 Å². The van der Waals surface area contributed by atoms with E-state index in [-0.39, 0.29) is 11.3 Å². The standard InChI is InChI=1S/C16H10ClN3O3/c17-13-3-5-14(6-4-13)19-16(21)12(10-18)9-11-1-7-15(8-2-11)20(22)23/h1-9H,(H,19,21)/b12-9-. The van der Waals surface area contributed by atoms with Crippen LogP contribution in [0.1, 0.15) is 5.56 Å². The number of carbonyl (C=O) groups is 1. The first-order valence-electron chi connectivity index (χ1n) is 6.43. The van der Waals surface area contributed by atoms with Gasteiger partial charge in [0.1, 0.15) is 11.6 Å². The number of carbonyl (C=O) groups excluding carboxylic acids is 1. The molecule has 0 saturated heterocycles. The number of rotatable bonds is 4. The number of nitriles is 1. The fourth-order valence-corrected chi connectivity index (χ4v) is 1.87. The van der Waals surface area contributed by atoms with Crippen molar-refractivity contribution in [2.24, 2.45) is 0 Å². The highest BCUT2D eigenvalue weighted by atomic mass is 35.5. The molecule has 23 heavy (non-hydrogen) atoms. The molecule has 0 aliphatic heterocycles. The van der Waals surface area contributed by atoms with Crippen LogP contribution in [0.5, 0.6) is 0 Å². The molecule has 0 heterocycles. The van der Waals surface area contributed by atoms with Crippen LogP contribution in [-0.4, -0.2) is 10.8 Å². The van der Waals surface area contributed by atoms with Gasteiger partial charge in [0.2, 0.25) is 0 Å². The van der Waals surface area contributed by atoms with Crippen LogP contribution in [0.15, 0.2) is 54.1 Å². The number of nitrogens with one attached hydrogen (secondary N) is 1. The van der Waals surface area contributed by atoms with Gasteiger partial charge in [-0.15, -0.1) is 0 Å². The van der Waals surface area contributed by atoms with Gasteiger partial charge < -0.3 is 5.32 Å². The Balaban J connectivity index is 2.17. The topological polar surface area (TPSA) is 96.0 Å². The predicted molar refractivity (Wildman–Crippen MR) is 86.8 cm³/mol. The van der Waals surface area contributed by atoms with Crippen molar-refractivity contribution < 1.29 is 9.72 Å². The zero-order chi connectivity index (χ0) is 16.8. The van der Waals surface area contributed by atoms with Crippen LogP contribution >= 0.6 is 11.6 Å². The lowest BCUT2D eigenvalue weighted by atomic mass is 10.1. The van der Waals surface area contributed by atoms with E-state index in [1.807, 2.05) is 6.07 Å². The Morgan fingerprint density at radius 1 is 1.17 bits per heavy atom. The summed E-state index contributed by atoms with van der Waals surface area (Å²) < 4.78 is 0. The van der Waals surface area contributed by atoms with Gasteiger partial charge >= 0.3 is 0 Å². The summed E-state index contributed by atoms with van der Waals surface area (Å²) in [6.07, 6.45) is 1.36. The van der Waals surface area contributed by atoms with E-state index in [2.05, 4.69) is 5.32 Å². The molecule has 0 aliphatic carbocycles. The van der Waals surface area contributed by atoms with Crippen LogP contribution in [0.2, 0.25) is 5.02 Å². The minimum atomic E-state index is -0.576. The average Bonchev–Trinajstić information content (AvgIpc) is 2.55. The van der Waals surface area contributed by atoms with Gasteiger partial charge in [0.15, 0.2) is 0 Å². The van der Waals surface area contributed by atoms with Crippen molar-refractivity contribution in [1.29, 1.82) is 5.26 Å². The second kappa shape index (κ2) is 7.20. The third-order valence-corrected chi connectivity index (χ3v) is 3.13. The number of hydrogen-bond donors (Lipinski definition) is 1. The third kappa shape index (κ3) is 4.40. The Morgan fingerprint density at radius 2 is 1.78 bits per heavy atom. The lowest BCUT2D eigenvalue weighted by Gasteiger charge is -2.04. The molecule has 0 radical (unpaired) electrons. The first-order chi connectivity index (χ1) is 11.0. The van der Waals surface area contributed by atoms with Crippen molar-refractivity contribution in [3.8, 4) is 6.07 Å². The Morgan fingerprint density at radius 3 is 2.30 bits per heavy atom. The third-order valence-electron chi connectivity index (χ3n) is 2.88.